The molecule has 5 rings (SSSR count). The predicted octanol–water partition coefficient (Wildman–Crippen LogP) is 4.85. The molecule has 0 aromatic heterocycles. The molecule has 3 aliphatic rings. The number of fused-ring (bicyclic) bond motifs is 3. The summed E-state index contributed by atoms with van der Waals surface area (Å²) in [7, 11) is 3.18. The number of methoxy groups -OCH3 is 2. The van der Waals surface area contributed by atoms with E-state index in [-0.39, 0.29) is 17.0 Å². The Balaban J connectivity index is 1.79. The van der Waals surface area contributed by atoms with E-state index in [1.807, 2.05) is 42.5 Å². The van der Waals surface area contributed by atoms with Crippen LogP contribution in [0.5, 0.6) is 11.5 Å². The second-order valence-electron chi connectivity index (χ2n) is 9.26. The number of aliphatic imine (C=N–C) groups is 1. The zero-order valence-corrected chi connectivity index (χ0v) is 18.2. The van der Waals surface area contributed by atoms with E-state index in [2.05, 4.69) is 13.8 Å². The lowest BCUT2D eigenvalue weighted by atomic mass is 9.63. The van der Waals surface area contributed by atoms with Gasteiger partial charge in [-0.25, -0.2) is 0 Å². The maximum absolute atomic E-state index is 13.6. The SMILES string of the molecule is COc1cccc([C@H]2C3=C(N=C4CC(C)(C)CC(=O)C42)c2ccccc2C3=O)c1OC. The lowest BCUT2D eigenvalue weighted by Gasteiger charge is -2.41. The average Bonchev–Trinajstić information content (AvgIpc) is 3.03. The Bertz CT molecular complexity index is 1190. The first-order valence-corrected chi connectivity index (χ1v) is 10.6. The molecule has 5 nitrogen and oxygen atoms in total. The first-order valence-electron chi connectivity index (χ1n) is 10.6. The van der Waals surface area contributed by atoms with Crippen molar-refractivity contribution in [2.24, 2.45) is 16.3 Å². The van der Waals surface area contributed by atoms with Gasteiger partial charge in [-0.15, -0.1) is 0 Å². The van der Waals surface area contributed by atoms with Gasteiger partial charge >= 0.3 is 0 Å². The fourth-order valence-electron chi connectivity index (χ4n) is 5.41. The summed E-state index contributed by atoms with van der Waals surface area (Å²) in [6.07, 6.45) is 1.18. The molecule has 2 aromatic carbocycles. The van der Waals surface area contributed by atoms with Crippen LogP contribution in [0.2, 0.25) is 0 Å². The fraction of sp³-hybridized carbons (Fsp3) is 0.346. The molecule has 0 amide bonds. The number of ether oxygens (including phenoxy) is 2. The number of nitrogens with zero attached hydrogens (tertiary/aromatic N) is 1. The van der Waals surface area contributed by atoms with Gasteiger partial charge in [0.2, 0.25) is 0 Å². The summed E-state index contributed by atoms with van der Waals surface area (Å²) < 4.78 is 11.2. The maximum Gasteiger partial charge on any atom is 0.192 e. The number of carbonyl (C=O) groups is 2. The third kappa shape index (κ3) is 2.87. The molecule has 1 fully saturated rings. The van der Waals surface area contributed by atoms with Crippen molar-refractivity contribution in [1.29, 1.82) is 0 Å². The summed E-state index contributed by atoms with van der Waals surface area (Å²) >= 11 is 0. The molecule has 1 saturated carbocycles. The van der Waals surface area contributed by atoms with E-state index in [9.17, 15) is 9.59 Å². The summed E-state index contributed by atoms with van der Waals surface area (Å²) in [5, 5.41) is 0. The quantitative estimate of drug-likeness (QED) is 0.718. The number of allylic oxidation sites excluding steroid dienone is 1. The van der Waals surface area contributed by atoms with Gasteiger partial charge in [-0.2, -0.15) is 0 Å². The smallest absolute Gasteiger partial charge is 0.192 e. The first-order chi connectivity index (χ1) is 14.9. The van der Waals surface area contributed by atoms with E-state index in [0.29, 0.717) is 34.8 Å². The van der Waals surface area contributed by atoms with Gasteiger partial charge in [0.25, 0.3) is 0 Å². The van der Waals surface area contributed by atoms with Gasteiger partial charge in [-0.05, 0) is 17.9 Å². The van der Waals surface area contributed by atoms with Gasteiger partial charge < -0.3 is 9.47 Å². The van der Waals surface area contributed by atoms with Crippen LogP contribution >= 0.6 is 0 Å². The number of rotatable bonds is 3. The molecule has 2 aliphatic carbocycles. The van der Waals surface area contributed by atoms with Gasteiger partial charge in [0, 0.05) is 40.3 Å². The van der Waals surface area contributed by atoms with Crippen molar-refractivity contribution >= 4 is 23.0 Å². The van der Waals surface area contributed by atoms with Gasteiger partial charge in [-0.1, -0.05) is 50.2 Å². The van der Waals surface area contributed by atoms with Crippen LogP contribution in [0, 0.1) is 11.3 Å². The Morgan fingerprint density at radius 3 is 2.35 bits per heavy atom. The molecule has 0 spiro atoms. The summed E-state index contributed by atoms with van der Waals surface area (Å²) in [4.78, 5) is 32.0. The average molecular weight is 415 g/mol. The normalized spacial score (nSPS) is 23.7. The highest BCUT2D eigenvalue weighted by Gasteiger charge is 2.50. The van der Waals surface area contributed by atoms with Gasteiger partial charge in [-0.3, -0.25) is 14.6 Å². The van der Waals surface area contributed by atoms with E-state index in [1.54, 1.807) is 14.2 Å². The van der Waals surface area contributed by atoms with Crippen molar-refractivity contribution in [2.45, 2.75) is 32.6 Å². The highest BCUT2D eigenvalue weighted by Crippen LogP contribution is 2.54. The Morgan fingerprint density at radius 1 is 0.903 bits per heavy atom. The first kappa shape index (κ1) is 19.7. The molecule has 0 saturated heterocycles. The van der Waals surface area contributed by atoms with Crippen LogP contribution in [0.1, 0.15) is 54.1 Å². The van der Waals surface area contributed by atoms with Crippen LogP contribution in [0.3, 0.4) is 0 Å². The number of hydrogen-bond acceptors (Lipinski definition) is 5. The van der Waals surface area contributed by atoms with Crippen LogP contribution in [-0.2, 0) is 4.79 Å². The number of hydrogen-bond donors (Lipinski definition) is 0. The summed E-state index contributed by atoms with van der Waals surface area (Å²) in [6.45, 7) is 4.20. The highest BCUT2D eigenvalue weighted by molar-refractivity contribution is 6.25. The van der Waals surface area contributed by atoms with Crippen LogP contribution in [0.25, 0.3) is 5.70 Å². The van der Waals surface area contributed by atoms with Crippen LogP contribution in [0.4, 0.5) is 0 Å². The number of ketones is 2. The largest absolute Gasteiger partial charge is 0.493 e. The molecular weight excluding hydrogens is 390 g/mol. The molecular formula is C26H25NO4. The molecule has 0 bridgehead atoms. The van der Waals surface area contributed by atoms with E-state index < -0.39 is 11.8 Å². The monoisotopic (exact) mass is 415 g/mol. The molecule has 31 heavy (non-hydrogen) atoms. The zero-order chi connectivity index (χ0) is 21.9. The molecule has 1 aliphatic heterocycles. The molecule has 2 atom stereocenters. The van der Waals surface area contributed by atoms with Gasteiger partial charge in [0.1, 0.15) is 5.78 Å². The number of carbonyl (C=O) groups excluding carboxylic acids is 2. The predicted molar refractivity (Wildman–Crippen MR) is 119 cm³/mol. The standard InChI is InChI=1S/C26H25NO4/c1-26(2)12-17-21(18(28)13-26)20(16-10-7-11-19(30-3)25(16)31-4)22-23(27-17)14-8-5-6-9-15(14)24(22)29/h5-11,20-21H,12-13H2,1-4H3/t20-,21?/m1/s1. The third-order valence-corrected chi connectivity index (χ3v) is 6.61. The minimum atomic E-state index is -0.467. The molecule has 2 aromatic rings. The maximum atomic E-state index is 13.6. The molecule has 0 radical (unpaired) electrons. The Hall–Kier alpha value is -3.21. The van der Waals surface area contributed by atoms with Gasteiger partial charge in [0.05, 0.1) is 25.8 Å². The molecule has 158 valence electrons. The van der Waals surface area contributed by atoms with Crippen LogP contribution in [-0.4, -0.2) is 31.5 Å². The number of benzene rings is 2. The van der Waals surface area contributed by atoms with Crippen molar-refractivity contribution in [2.75, 3.05) is 14.2 Å². The zero-order valence-electron chi connectivity index (χ0n) is 18.2. The Kier molecular flexibility index (Phi) is 4.40. The molecule has 0 N–H and O–H groups in total. The summed E-state index contributed by atoms with van der Waals surface area (Å²) in [6, 6.07) is 13.2. The van der Waals surface area contributed by atoms with E-state index >= 15 is 0 Å². The second-order valence-corrected chi connectivity index (χ2v) is 9.26. The summed E-state index contributed by atoms with van der Waals surface area (Å²) in [5.41, 5.74) is 4.28. The minimum Gasteiger partial charge on any atom is -0.493 e. The number of para-hydroxylation sites is 1. The second kappa shape index (κ2) is 6.91. The van der Waals surface area contributed by atoms with E-state index in [4.69, 9.17) is 14.5 Å². The molecule has 1 heterocycles. The Labute approximate surface area is 181 Å². The topological polar surface area (TPSA) is 65.0 Å². The van der Waals surface area contributed by atoms with Crippen LogP contribution < -0.4 is 9.47 Å². The number of Topliss-reactive ketones (excluding diaryl/α,β-unsaturated/α-hetero) is 2. The highest BCUT2D eigenvalue weighted by atomic mass is 16.5. The molecule has 1 unspecified atom stereocenters. The van der Waals surface area contributed by atoms with Crippen molar-refractivity contribution in [3.63, 3.8) is 0 Å². The Morgan fingerprint density at radius 2 is 1.65 bits per heavy atom. The lowest BCUT2D eigenvalue weighted by Crippen LogP contribution is -2.43. The molecule has 5 heteroatoms. The van der Waals surface area contributed by atoms with E-state index in [0.717, 1.165) is 23.3 Å². The lowest BCUT2D eigenvalue weighted by molar-refractivity contribution is -0.124. The van der Waals surface area contributed by atoms with Crippen molar-refractivity contribution in [1.82, 2.24) is 0 Å². The third-order valence-electron chi connectivity index (χ3n) is 6.61. The van der Waals surface area contributed by atoms with Crippen molar-refractivity contribution in [3.05, 3.63) is 64.7 Å². The van der Waals surface area contributed by atoms with Crippen LogP contribution in [0.15, 0.2) is 53.0 Å². The van der Waals surface area contributed by atoms with E-state index in [1.165, 1.54) is 0 Å². The van der Waals surface area contributed by atoms with Crippen molar-refractivity contribution in [3.8, 4) is 11.5 Å². The minimum absolute atomic E-state index is 0.0547. The summed E-state index contributed by atoms with van der Waals surface area (Å²) in [5.74, 6) is 0.297. The van der Waals surface area contributed by atoms with Gasteiger partial charge in [0.15, 0.2) is 17.3 Å². The fourth-order valence-corrected chi connectivity index (χ4v) is 5.41. The van der Waals surface area contributed by atoms with Crippen molar-refractivity contribution < 1.29 is 19.1 Å².